The summed E-state index contributed by atoms with van der Waals surface area (Å²) in [5.74, 6) is -0.248. The monoisotopic (exact) mass is 459 g/mol. The molecular weight excluding hydrogens is 438 g/mol. The van der Waals surface area contributed by atoms with Crippen molar-refractivity contribution >= 4 is 35.2 Å². The molecule has 1 heterocycles. The predicted molar refractivity (Wildman–Crippen MR) is 117 cm³/mol. The number of Topliss-reactive ketones (excluding diaryl/α,β-unsaturated/α-hetero) is 1. The van der Waals surface area contributed by atoms with Gasteiger partial charge in [0, 0.05) is 4.90 Å². The Morgan fingerprint density at radius 3 is 2.68 bits per heavy atom. The second kappa shape index (κ2) is 10.9. The summed E-state index contributed by atoms with van der Waals surface area (Å²) in [5, 5.41) is 15.7. The van der Waals surface area contributed by atoms with Gasteiger partial charge in [-0.3, -0.25) is 4.79 Å². The van der Waals surface area contributed by atoms with E-state index in [2.05, 4.69) is 20.7 Å². The third-order valence-corrected chi connectivity index (χ3v) is 5.91. The van der Waals surface area contributed by atoms with Gasteiger partial charge in [0.15, 0.2) is 5.78 Å². The van der Waals surface area contributed by atoms with Crippen molar-refractivity contribution in [1.82, 2.24) is 25.5 Å². The normalized spacial score (nSPS) is 11.7. The van der Waals surface area contributed by atoms with E-state index in [1.165, 1.54) is 16.6 Å². The van der Waals surface area contributed by atoms with E-state index < -0.39 is 12.1 Å². The van der Waals surface area contributed by atoms with Crippen molar-refractivity contribution in [1.29, 1.82) is 0 Å². The number of carbonyl (C=O) groups is 2. The van der Waals surface area contributed by atoms with E-state index in [1.54, 1.807) is 13.0 Å². The summed E-state index contributed by atoms with van der Waals surface area (Å²) < 4.78 is 5.19. The molecular formula is C21H22ClN5O3S. The number of carbonyl (C=O) groups excluding carboxylic acids is 2. The van der Waals surface area contributed by atoms with E-state index in [-0.39, 0.29) is 18.9 Å². The molecule has 1 aromatic heterocycles. The Bertz CT molecular complexity index is 1020. The van der Waals surface area contributed by atoms with E-state index in [0.717, 1.165) is 16.0 Å². The van der Waals surface area contributed by atoms with E-state index >= 15 is 0 Å². The van der Waals surface area contributed by atoms with Gasteiger partial charge in [-0.25, -0.2) is 4.79 Å². The van der Waals surface area contributed by atoms with Crippen LogP contribution in [0.1, 0.15) is 24.5 Å². The van der Waals surface area contributed by atoms with E-state index in [1.807, 2.05) is 49.4 Å². The molecule has 0 spiro atoms. The number of nitrogens with one attached hydrogen (secondary N) is 1. The number of hydrogen-bond donors (Lipinski definition) is 1. The van der Waals surface area contributed by atoms with Crippen LogP contribution < -0.4 is 5.32 Å². The highest BCUT2D eigenvalue weighted by molar-refractivity contribution is 7.99. The number of amides is 1. The largest absolute Gasteiger partial charge is 0.445 e. The Balaban J connectivity index is 1.54. The zero-order valence-electron chi connectivity index (χ0n) is 17.1. The summed E-state index contributed by atoms with van der Waals surface area (Å²) >= 11 is 7.51. The number of aryl methyl sites for hydroxylation is 1. The Hall–Kier alpha value is -2.91. The molecule has 0 fully saturated rings. The van der Waals surface area contributed by atoms with Crippen LogP contribution in [0.4, 0.5) is 4.79 Å². The van der Waals surface area contributed by atoms with Crippen LogP contribution in [0, 0.1) is 6.92 Å². The number of benzene rings is 2. The van der Waals surface area contributed by atoms with Crippen molar-refractivity contribution in [2.75, 3.05) is 0 Å². The number of halogens is 1. The van der Waals surface area contributed by atoms with Crippen molar-refractivity contribution in [3.05, 3.63) is 64.7 Å². The van der Waals surface area contributed by atoms with Gasteiger partial charge < -0.3 is 10.1 Å². The number of alkyl carbamates (subject to hydrolysis) is 1. The first-order chi connectivity index (χ1) is 15.0. The van der Waals surface area contributed by atoms with Gasteiger partial charge in [-0.05, 0) is 47.5 Å². The van der Waals surface area contributed by atoms with Gasteiger partial charge in [0.25, 0.3) is 0 Å². The Kier molecular flexibility index (Phi) is 8.02. The number of aromatic nitrogens is 4. The molecule has 0 saturated heterocycles. The van der Waals surface area contributed by atoms with Crippen LogP contribution in [0.5, 0.6) is 0 Å². The fraction of sp³-hybridized carbons (Fsp3) is 0.286. The fourth-order valence-corrected chi connectivity index (χ4v) is 3.87. The molecule has 3 aromatic rings. The van der Waals surface area contributed by atoms with Crippen LogP contribution in [0.2, 0.25) is 5.02 Å². The number of hydrogen-bond acceptors (Lipinski definition) is 7. The molecule has 0 aliphatic carbocycles. The molecule has 1 atom stereocenters. The molecule has 0 aliphatic rings. The van der Waals surface area contributed by atoms with Gasteiger partial charge in [0.2, 0.25) is 5.16 Å². The maximum atomic E-state index is 12.6. The zero-order valence-corrected chi connectivity index (χ0v) is 18.7. The maximum absolute atomic E-state index is 12.6. The maximum Gasteiger partial charge on any atom is 0.408 e. The average molecular weight is 460 g/mol. The van der Waals surface area contributed by atoms with Crippen LogP contribution in [-0.4, -0.2) is 38.1 Å². The summed E-state index contributed by atoms with van der Waals surface area (Å²) in [5.41, 5.74) is 1.86. The summed E-state index contributed by atoms with van der Waals surface area (Å²) in [7, 11) is 0. The highest BCUT2D eigenvalue weighted by Crippen LogP contribution is 2.33. The van der Waals surface area contributed by atoms with Crippen molar-refractivity contribution in [3.8, 4) is 0 Å². The molecule has 0 bridgehead atoms. The second-order valence-electron chi connectivity index (χ2n) is 6.72. The van der Waals surface area contributed by atoms with E-state index in [0.29, 0.717) is 16.6 Å². The quantitative estimate of drug-likeness (QED) is 0.515. The van der Waals surface area contributed by atoms with Crippen molar-refractivity contribution < 1.29 is 14.3 Å². The minimum atomic E-state index is -0.712. The Labute approximate surface area is 189 Å². The first-order valence-corrected chi connectivity index (χ1v) is 10.9. The van der Waals surface area contributed by atoms with Gasteiger partial charge >= 0.3 is 6.09 Å². The van der Waals surface area contributed by atoms with Crippen molar-refractivity contribution in [3.63, 3.8) is 0 Å². The number of ketones is 1. The summed E-state index contributed by atoms with van der Waals surface area (Å²) in [6, 6.07) is 14.2. The standard InChI is InChI=1S/C21H22ClN5O3S/c1-3-17(23-21(29)30-13-15-9-5-4-6-10-15)18(28)12-27-25-20(24-26-27)31-19-14(2)8-7-11-16(19)22/h4-11,17H,3,12-13H2,1-2H3,(H,23,29). The lowest BCUT2D eigenvalue weighted by Gasteiger charge is -2.15. The molecule has 1 unspecified atom stereocenters. The molecule has 3 rings (SSSR count). The SMILES string of the molecule is CCC(NC(=O)OCc1ccccc1)C(=O)Cn1nnc(Sc2c(C)cccc2Cl)n1. The number of nitrogens with zero attached hydrogens (tertiary/aromatic N) is 4. The molecule has 31 heavy (non-hydrogen) atoms. The Morgan fingerprint density at radius 1 is 1.19 bits per heavy atom. The topological polar surface area (TPSA) is 99.0 Å². The summed E-state index contributed by atoms with van der Waals surface area (Å²) in [6.07, 6.45) is -0.241. The Morgan fingerprint density at radius 2 is 1.97 bits per heavy atom. The van der Waals surface area contributed by atoms with Gasteiger partial charge in [-0.15, -0.1) is 10.2 Å². The van der Waals surface area contributed by atoms with E-state index in [4.69, 9.17) is 16.3 Å². The fourth-order valence-electron chi connectivity index (χ4n) is 2.74. The molecule has 8 nitrogen and oxygen atoms in total. The molecule has 2 aromatic carbocycles. The highest BCUT2D eigenvalue weighted by atomic mass is 35.5. The minimum absolute atomic E-state index is 0.119. The average Bonchev–Trinajstić information content (AvgIpc) is 3.20. The highest BCUT2D eigenvalue weighted by Gasteiger charge is 2.21. The van der Waals surface area contributed by atoms with Gasteiger partial charge in [-0.2, -0.15) is 4.80 Å². The third kappa shape index (κ3) is 6.53. The summed E-state index contributed by atoms with van der Waals surface area (Å²) in [6.45, 7) is 3.75. The molecule has 1 amide bonds. The number of tetrazole rings is 1. The molecule has 10 heteroatoms. The number of ether oxygens (including phenoxy) is 1. The first kappa shape index (κ1) is 22.8. The third-order valence-electron chi connectivity index (χ3n) is 4.39. The van der Waals surface area contributed by atoms with Gasteiger partial charge in [0.1, 0.15) is 13.2 Å². The lowest BCUT2D eigenvalue weighted by atomic mass is 10.1. The zero-order chi connectivity index (χ0) is 22.2. The van der Waals surface area contributed by atoms with Gasteiger partial charge in [-0.1, -0.05) is 61.0 Å². The minimum Gasteiger partial charge on any atom is -0.445 e. The van der Waals surface area contributed by atoms with Crippen molar-refractivity contribution in [2.45, 2.75) is 49.5 Å². The van der Waals surface area contributed by atoms with Crippen molar-refractivity contribution in [2.24, 2.45) is 0 Å². The molecule has 162 valence electrons. The molecule has 0 aliphatic heterocycles. The molecule has 0 saturated carbocycles. The lowest BCUT2D eigenvalue weighted by Crippen LogP contribution is -2.42. The van der Waals surface area contributed by atoms with Crippen LogP contribution in [0.25, 0.3) is 0 Å². The lowest BCUT2D eigenvalue weighted by molar-refractivity contribution is -0.122. The van der Waals surface area contributed by atoms with Crippen LogP contribution >= 0.6 is 23.4 Å². The van der Waals surface area contributed by atoms with Gasteiger partial charge in [0.05, 0.1) is 11.1 Å². The smallest absolute Gasteiger partial charge is 0.408 e. The number of rotatable bonds is 9. The second-order valence-corrected chi connectivity index (χ2v) is 8.11. The summed E-state index contributed by atoms with van der Waals surface area (Å²) in [4.78, 5) is 26.7. The van der Waals surface area contributed by atoms with Crippen LogP contribution in [-0.2, 0) is 22.7 Å². The first-order valence-electron chi connectivity index (χ1n) is 9.67. The van der Waals surface area contributed by atoms with E-state index in [9.17, 15) is 9.59 Å². The molecule has 0 radical (unpaired) electrons. The van der Waals surface area contributed by atoms with Crippen LogP contribution in [0.15, 0.2) is 58.6 Å². The predicted octanol–water partition coefficient (Wildman–Crippen LogP) is 4.06. The van der Waals surface area contributed by atoms with Crippen LogP contribution in [0.3, 0.4) is 0 Å². The molecule has 1 N–H and O–H groups in total.